The van der Waals surface area contributed by atoms with Crippen LogP contribution in [0.4, 0.5) is 0 Å². The molecule has 0 amide bonds. The van der Waals surface area contributed by atoms with Gasteiger partial charge in [0.15, 0.2) is 0 Å². The molecule has 0 unspecified atom stereocenters. The molecule has 1 rings (SSSR count). The van der Waals surface area contributed by atoms with Crippen molar-refractivity contribution < 1.29 is 19.1 Å². The van der Waals surface area contributed by atoms with Crippen LogP contribution in [0.5, 0.6) is 0 Å². The molecule has 1 aromatic carbocycles. The molecule has 0 atom stereocenters. The molecule has 0 aliphatic rings. The second-order valence-electron chi connectivity index (χ2n) is 3.93. The zero-order chi connectivity index (χ0) is 14.3. The summed E-state index contributed by atoms with van der Waals surface area (Å²) < 4.78 is 10.7. The van der Waals surface area contributed by atoms with E-state index in [0.717, 1.165) is 12.8 Å². The third-order valence-corrected chi connectivity index (χ3v) is 2.97. The number of hydrogen-bond acceptors (Lipinski definition) is 4. The topological polar surface area (TPSA) is 52.6 Å². The van der Waals surface area contributed by atoms with Crippen LogP contribution in [-0.2, 0) is 9.47 Å². The summed E-state index contributed by atoms with van der Waals surface area (Å²) in [5.74, 6) is -1.02. The van der Waals surface area contributed by atoms with Gasteiger partial charge in [-0.15, -0.1) is 0 Å². The van der Waals surface area contributed by atoms with Gasteiger partial charge in [-0.2, -0.15) is 0 Å². The molecule has 0 spiro atoms. The molecule has 5 heteroatoms. The second kappa shape index (κ2) is 7.94. The lowest BCUT2D eigenvalue weighted by Crippen LogP contribution is -2.15. The Kier molecular flexibility index (Phi) is 6.56. The molecule has 0 saturated carbocycles. The third kappa shape index (κ3) is 4.35. The Bertz CT molecular complexity index is 457. The van der Waals surface area contributed by atoms with E-state index in [0.29, 0.717) is 17.7 Å². The average molecular weight is 329 g/mol. The van der Waals surface area contributed by atoms with Crippen LogP contribution in [0.25, 0.3) is 0 Å². The minimum atomic E-state index is -0.516. The highest BCUT2D eigenvalue weighted by molar-refractivity contribution is 9.10. The molecule has 0 aromatic heterocycles. The summed E-state index contributed by atoms with van der Waals surface area (Å²) >= 11 is 3.27. The largest absolute Gasteiger partial charge is 0.462 e. The van der Waals surface area contributed by atoms with Crippen LogP contribution in [0.15, 0.2) is 22.7 Å². The Morgan fingerprint density at radius 3 is 2.21 bits per heavy atom. The van der Waals surface area contributed by atoms with Crippen molar-refractivity contribution in [2.45, 2.75) is 26.7 Å². The lowest BCUT2D eigenvalue weighted by Gasteiger charge is -2.10. The number of ether oxygens (including phenoxy) is 2. The molecule has 0 saturated heterocycles. The van der Waals surface area contributed by atoms with E-state index in [1.165, 1.54) is 0 Å². The average Bonchev–Trinajstić information content (AvgIpc) is 2.41. The van der Waals surface area contributed by atoms with E-state index >= 15 is 0 Å². The van der Waals surface area contributed by atoms with Gasteiger partial charge in [-0.05, 0) is 40.9 Å². The van der Waals surface area contributed by atoms with Crippen molar-refractivity contribution in [1.82, 2.24) is 0 Å². The van der Waals surface area contributed by atoms with Gasteiger partial charge in [0, 0.05) is 4.47 Å². The Morgan fingerprint density at radius 2 is 1.63 bits per heavy atom. The number of hydrogen-bond donors (Lipinski definition) is 0. The van der Waals surface area contributed by atoms with E-state index in [1.807, 2.05) is 13.8 Å². The monoisotopic (exact) mass is 328 g/mol. The first kappa shape index (κ1) is 15.7. The molecule has 0 aliphatic heterocycles. The van der Waals surface area contributed by atoms with Crippen molar-refractivity contribution in [3.05, 3.63) is 33.8 Å². The van der Waals surface area contributed by atoms with E-state index in [4.69, 9.17) is 9.47 Å². The fraction of sp³-hybridized carbons (Fsp3) is 0.429. The van der Waals surface area contributed by atoms with Crippen molar-refractivity contribution in [3.63, 3.8) is 0 Å². The lowest BCUT2D eigenvalue weighted by molar-refractivity contribution is 0.0457. The van der Waals surface area contributed by atoms with Gasteiger partial charge in [0.25, 0.3) is 0 Å². The maximum atomic E-state index is 12.0. The summed E-state index contributed by atoms with van der Waals surface area (Å²) in [5, 5.41) is 0. The first-order chi connectivity index (χ1) is 9.11. The van der Waals surface area contributed by atoms with Gasteiger partial charge >= 0.3 is 11.9 Å². The molecule has 0 aliphatic carbocycles. The number of esters is 2. The molecule has 4 nitrogen and oxygen atoms in total. The minimum Gasteiger partial charge on any atom is -0.462 e. The fourth-order valence-electron chi connectivity index (χ4n) is 1.44. The van der Waals surface area contributed by atoms with Gasteiger partial charge in [0.1, 0.15) is 0 Å². The van der Waals surface area contributed by atoms with Gasteiger partial charge in [0.05, 0.1) is 24.3 Å². The van der Waals surface area contributed by atoms with Crippen molar-refractivity contribution in [3.8, 4) is 0 Å². The zero-order valence-electron chi connectivity index (χ0n) is 11.1. The first-order valence-corrected chi connectivity index (χ1v) is 7.03. The number of rotatable bonds is 6. The third-order valence-electron chi connectivity index (χ3n) is 2.31. The number of halogens is 1. The molecule has 1 aromatic rings. The van der Waals surface area contributed by atoms with Gasteiger partial charge < -0.3 is 9.47 Å². The maximum Gasteiger partial charge on any atom is 0.340 e. The fourth-order valence-corrected chi connectivity index (χ4v) is 1.97. The summed E-state index contributed by atoms with van der Waals surface area (Å²) in [5.41, 5.74) is 0.445. The van der Waals surface area contributed by atoms with Gasteiger partial charge in [-0.1, -0.05) is 19.9 Å². The van der Waals surface area contributed by atoms with Crippen LogP contribution in [0.3, 0.4) is 0 Å². The molecule has 0 fully saturated rings. The van der Waals surface area contributed by atoms with E-state index in [9.17, 15) is 9.59 Å². The number of carbonyl (C=O) groups is 2. The van der Waals surface area contributed by atoms with E-state index in [1.54, 1.807) is 18.2 Å². The number of benzene rings is 1. The SMILES string of the molecule is CCCOC(=O)c1cccc(Br)c1C(=O)OCCC. The smallest absolute Gasteiger partial charge is 0.340 e. The van der Waals surface area contributed by atoms with Crippen LogP contribution < -0.4 is 0 Å². The zero-order valence-corrected chi connectivity index (χ0v) is 12.7. The molecular weight excluding hydrogens is 312 g/mol. The quantitative estimate of drug-likeness (QED) is 0.749. The van der Waals surface area contributed by atoms with E-state index in [2.05, 4.69) is 15.9 Å². The Hall–Kier alpha value is -1.36. The Labute approximate surface area is 121 Å². The van der Waals surface area contributed by atoms with Crippen molar-refractivity contribution in [1.29, 1.82) is 0 Å². The lowest BCUT2D eigenvalue weighted by atomic mass is 10.1. The highest BCUT2D eigenvalue weighted by Gasteiger charge is 2.21. The summed E-state index contributed by atoms with van der Waals surface area (Å²) in [6.07, 6.45) is 1.46. The summed E-state index contributed by atoms with van der Waals surface area (Å²) in [6.45, 7) is 4.47. The van der Waals surface area contributed by atoms with Gasteiger partial charge in [0.2, 0.25) is 0 Å². The van der Waals surface area contributed by atoms with E-state index < -0.39 is 11.9 Å². The highest BCUT2D eigenvalue weighted by Crippen LogP contribution is 2.22. The first-order valence-electron chi connectivity index (χ1n) is 6.24. The van der Waals surface area contributed by atoms with Crippen LogP contribution in [-0.4, -0.2) is 25.2 Å². The summed E-state index contributed by atoms with van der Waals surface area (Å²) in [7, 11) is 0. The van der Waals surface area contributed by atoms with Gasteiger partial charge in [-0.25, -0.2) is 9.59 Å². The maximum absolute atomic E-state index is 12.0. The van der Waals surface area contributed by atoms with Crippen molar-refractivity contribution in [2.75, 3.05) is 13.2 Å². The minimum absolute atomic E-state index is 0.219. The van der Waals surface area contributed by atoms with Crippen LogP contribution in [0.2, 0.25) is 0 Å². The van der Waals surface area contributed by atoms with Crippen LogP contribution in [0.1, 0.15) is 47.4 Å². The Balaban J connectivity index is 3.01. The molecule has 19 heavy (non-hydrogen) atoms. The summed E-state index contributed by atoms with van der Waals surface area (Å²) in [4.78, 5) is 23.9. The highest BCUT2D eigenvalue weighted by atomic mass is 79.9. The molecule has 0 radical (unpaired) electrons. The van der Waals surface area contributed by atoms with Crippen LogP contribution >= 0.6 is 15.9 Å². The second-order valence-corrected chi connectivity index (χ2v) is 4.79. The molecule has 0 N–H and O–H groups in total. The van der Waals surface area contributed by atoms with Crippen LogP contribution in [0, 0.1) is 0 Å². The molecule has 104 valence electrons. The molecule has 0 heterocycles. The predicted molar refractivity (Wildman–Crippen MR) is 75.3 cm³/mol. The van der Waals surface area contributed by atoms with Gasteiger partial charge in [-0.3, -0.25) is 0 Å². The van der Waals surface area contributed by atoms with Crippen molar-refractivity contribution in [2.24, 2.45) is 0 Å². The molecule has 0 bridgehead atoms. The molecular formula is C14H17BrO4. The summed E-state index contributed by atoms with van der Waals surface area (Å²) in [6, 6.07) is 4.94. The normalized spacial score (nSPS) is 10.1. The van der Waals surface area contributed by atoms with E-state index in [-0.39, 0.29) is 11.1 Å². The van der Waals surface area contributed by atoms with Crippen molar-refractivity contribution >= 4 is 27.9 Å². The Morgan fingerprint density at radius 1 is 1.05 bits per heavy atom. The predicted octanol–water partition coefficient (Wildman–Crippen LogP) is 3.58. The standard InChI is InChI=1S/C14H17BrO4/c1-3-8-18-13(16)10-6-5-7-11(15)12(10)14(17)19-9-4-2/h5-7H,3-4,8-9H2,1-2H3. The number of carbonyl (C=O) groups excluding carboxylic acids is 2.